The van der Waals surface area contributed by atoms with Crippen molar-refractivity contribution < 1.29 is 9.47 Å². The topological polar surface area (TPSA) is 44.5 Å². The van der Waals surface area contributed by atoms with Gasteiger partial charge in [-0.25, -0.2) is 0 Å². The highest BCUT2D eigenvalue weighted by Crippen LogP contribution is 2.37. The summed E-state index contributed by atoms with van der Waals surface area (Å²) in [5, 5.41) is 0. The molecule has 0 bridgehead atoms. The lowest BCUT2D eigenvalue weighted by Gasteiger charge is -2.18. The molecule has 112 valence electrons. The van der Waals surface area contributed by atoms with Crippen molar-refractivity contribution in [2.24, 2.45) is 5.73 Å². The Morgan fingerprint density at radius 1 is 1.00 bits per heavy atom. The molecule has 21 heavy (non-hydrogen) atoms. The molecule has 0 heterocycles. The Hall–Kier alpha value is -1.52. The summed E-state index contributed by atoms with van der Waals surface area (Å²) in [5.74, 6) is 1.46. The first-order valence-corrected chi connectivity index (χ1v) is 7.86. The highest BCUT2D eigenvalue weighted by molar-refractivity contribution is 9.10. The number of nitrogens with two attached hydrogens (primary N) is 1. The maximum atomic E-state index is 6.38. The molecule has 2 rings (SSSR count). The number of ether oxygens (including phenoxy) is 2. The van der Waals surface area contributed by atoms with Crippen molar-refractivity contribution in [1.82, 2.24) is 0 Å². The van der Waals surface area contributed by atoms with Crippen LogP contribution in [0.5, 0.6) is 11.5 Å². The second kappa shape index (κ2) is 7.48. The molecule has 4 heteroatoms. The summed E-state index contributed by atoms with van der Waals surface area (Å²) < 4.78 is 12.2. The Labute approximate surface area is 134 Å². The van der Waals surface area contributed by atoms with Crippen LogP contribution in [-0.4, -0.2) is 13.2 Å². The van der Waals surface area contributed by atoms with Gasteiger partial charge in [0.2, 0.25) is 0 Å². The zero-order valence-electron chi connectivity index (χ0n) is 12.3. The van der Waals surface area contributed by atoms with Crippen molar-refractivity contribution in [3.05, 3.63) is 58.1 Å². The van der Waals surface area contributed by atoms with Gasteiger partial charge in [0.25, 0.3) is 0 Å². The molecular weight excluding hydrogens is 330 g/mol. The first kappa shape index (κ1) is 15.9. The molecule has 0 aromatic heterocycles. The maximum Gasteiger partial charge on any atom is 0.162 e. The first-order chi connectivity index (χ1) is 10.2. The minimum Gasteiger partial charge on any atom is -0.490 e. The van der Waals surface area contributed by atoms with Crippen LogP contribution < -0.4 is 15.2 Å². The molecule has 0 spiro atoms. The fourth-order valence-corrected chi connectivity index (χ4v) is 2.73. The molecule has 0 amide bonds. The van der Waals surface area contributed by atoms with Gasteiger partial charge < -0.3 is 15.2 Å². The zero-order chi connectivity index (χ0) is 15.2. The fraction of sp³-hybridized carbons (Fsp3) is 0.294. The molecule has 0 aliphatic carbocycles. The summed E-state index contributed by atoms with van der Waals surface area (Å²) in [6.07, 6.45) is 0. The number of hydrogen-bond acceptors (Lipinski definition) is 3. The summed E-state index contributed by atoms with van der Waals surface area (Å²) in [7, 11) is 0. The lowest BCUT2D eigenvalue weighted by atomic mass is 9.99. The molecule has 0 radical (unpaired) electrons. The largest absolute Gasteiger partial charge is 0.490 e. The third kappa shape index (κ3) is 3.77. The molecule has 3 nitrogen and oxygen atoms in total. The summed E-state index contributed by atoms with van der Waals surface area (Å²) in [5.41, 5.74) is 8.42. The van der Waals surface area contributed by atoms with Gasteiger partial charge in [-0.3, -0.25) is 0 Å². The van der Waals surface area contributed by atoms with E-state index in [1.807, 2.05) is 56.3 Å². The first-order valence-electron chi connectivity index (χ1n) is 7.06. The van der Waals surface area contributed by atoms with Gasteiger partial charge in [-0.2, -0.15) is 0 Å². The number of halogens is 1. The van der Waals surface area contributed by atoms with E-state index in [1.54, 1.807) is 0 Å². The van der Waals surface area contributed by atoms with E-state index in [4.69, 9.17) is 15.2 Å². The monoisotopic (exact) mass is 349 g/mol. The van der Waals surface area contributed by atoms with E-state index in [-0.39, 0.29) is 6.04 Å². The van der Waals surface area contributed by atoms with E-state index in [0.717, 1.165) is 27.1 Å². The van der Waals surface area contributed by atoms with E-state index in [9.17, 15) is 0 Å². The van der Waals surface area contributed by atoms with Crippen LogP contribution in [-0.2, 0) is 0 Å². The van der Waals surface area contributed by atoms with Gasteiger partial charge in [-0.1, -0.05) is 46.3 Å². The standard InChI is InChI=1S/C17H20BrNO2/c1-3-20-15-10-13(14(18)11-16(15)21-4-2)17(19)12-8-6-5-7-9-12/h5-11,17H,3-4,19H2,1-2H3. The minimum atomic E-state index is -0.213. The van der Waals surface area contributed by atoms with E-state index in [2.05, 4.69) is 15.9 Å². The van der Waals surface area contributed by atoms with Crippen molar-refractivity contribution in [3.63, 3.8) is 0 Å². The molecule has 1 atom stereocenters. The Balaban J connectivity index is 2.41. The van der Waals surface area contributed by atoms with E-state index >= 15 is 0 Å². The van der Waals surface area contributed by atoms with Crippen LogP contribution in [0.2, 0.25) is 0 Å². The molecule has 2 N–H and O–H groups in total. The summed E-state index contributed by atoms with van der Waals surface area (Å²) in [4.78, 5) is 0. The van der Waals surface area contributed by atoms with Crippen molar-refractivity contribution in [2.45, 2.75) is 19.9 Å². The average molecular weight is 350 g/mol. The van der Waals surface area contributed by atoms with Gasteiger partial charge in [0.1, 0.15) is 0 Å². The number of benzene rings is 2. The van der Waals surface area contributed by atoms with Gasteiger partial charge in [0.15, 0.2) is 11.5 Å². The van der Waals surface area contributed by atoms with Crippen LogP contribution in [0.25, 0.3) is 0 Å². The highest BCUT2D eigenvalue weighted by Gasteiger charge is 2.17. The van der Waals surface area contributed by atoms with E-state index in [1.165, 1.54) is 0 Å². The average Bonchev–Trinajstić information content (AvgIpc) is 2.50. The molecule has 0 aliphatic rings. The predicted octanol–water partition coefficient (Wildman–Crippen LogP) is 4.29. The van der Waals surface area contributed by atoms with E-state index < -0.39 is 0 Å². The molecule has 1 unspecified atom stereocenters. The summed E-state index contributed by atoms with van der Waals surface area (Å²) >= 11 is 3.58. The number of hydrogen-bond donors (Lipinski definition) is 1. The predicted molar refractivity (Wildman–Crippen MR) is 89.0 cm³/mol. The Morgan fingerprint density at radius 2 is 1.57 bits per heavy atom. The minimum absolute atomic E-state index is 0.213. The molecule has 0 fully saturated rings. The quantitative estimate of drug-likeness (QED) is 0.845. The van der Waals surface area contributed by atoms with Gasteiger partial charge in [-0.05, 0) is 37.1 Å². The summed E-state index contributed by atoms with van der Waals surface area (Å²) in [6, 6.07) is 13.7. The Bertz CT molecular complexity index is 587. The van der Waals surface area contributed by atoms with Crippen molar-refractivity contribution in [2.75, 3.05) is 13.2 Å². The third-order valence-electron chi connectivity index (χ3n) is 3.16. The van der Waals surface area contributed by atoms with Crippen molar-refractivity contribution in [1.29, 1.82) is 0 Å². The highest BCUT2D eigenvalue weighted by atomic mass is 79.9. The van der Waals surface area contributed by atoms with Gasteiger partial charge in [0.05, 0.1) is 19.3 Å². The normalized spacial score (nSPS) is 12.0. The smallest absolute Gasteiger partial charge is 0.162 e. The third-order valence-corrected chi connectivity index (χ3v) is 3.84. The lowest BCUT2D eigenvalue weighted by Crippen LogP contribution is -2.13. The SMILES string of the molecule is CCOc1cc(Br)c(C(N)c2ccccc2)cc1OCC. The van der Waals surface area contributed by atoms with Gasteiger partial charge in [-0.15, -0.1) is 0 Å². The maximum absolute atomic E-state index is 6.38. The Morgan fingerprint density at radius 3 is 2.14 bits per heavy atom. The lowest BCUT2D eigenvalue weighted by molar-refractivity contribution is 0.287. The van der Waals surface area contributed by atoms with Crippen LogP contribution in [0, 0.1) is 0 Å². The fourth-order valence-electron chi connectivity index (χ4n) is 2.17. The van der Waals surface area contributed by atoms with Crippen LogP contribution in [0.4, 0.5) is 0 Å². The second-order valence-electron chi connectivity index (χ2n) is 4.57. The zero-order valence-corrected chi connectivity index (χ0v) is 13.9. The molecule has 2 aromatic carbocycles. The van der Waals surface area contributed by atoms with Gasteiger partial charge >= 0.3 is 0 Å². The molecular formula is C17H20BrNO2. The number of rotatable bonds is 6. The van der Waals surface area contributed by atoms with Gasteiger partial charge in [0, 0.05) is 4.47 Å². The Kier molecular flexibility index (Phi) is 5.65. The van der Waals surface area contributed by atoms with Crippen LogP contribution in [0.3, 0.4) is 0 Å². The van der Waals surface area contributed by atoms with Crippen LogP contribution in [0.15, 0.2) is 46.9 Å². The summed E-state index contributed by atoms with van der Waals surface area (Å²) in [6.45, 7) is 5.08. The molecule has 0 saturated heterocycles. The van der Waals surface area contributed by atoms with E-state index in [0.29, 0.717) is 13.2 Å². The van der Waals surface area contributed by atoms with Crippen LogP contribution >= 0.6 is 15.9 Å². The van der Waals surface area contributed by atoms with Crippen LogP contribution in [0.1, 0.15) is 31.0 Å². The second-order valence-corrected chi connectivity index (χ2v) is 5.43. The molecule has 0 saturated carbocycles. The molecule has 2 aromatic rings. The molecule has 0 aliphatic heterocycles. The van der Waals surface area contributed by atoms with Crippen molar-refractivity contribution >= 4 is 15.9 Å². The van der Waals surface area contributed by atoms with Crippen molar-refractivity contribution in [3.8, 4) is 11.5 Å².